The molecule has 0 aliphatic carbocycles. The lowest BCUT2D eigenvalue weighted by atomic mass is 10.1. The predicted octanol–water partition coefficient (Wildman–Crippen LogP) is 3.05. The Morgan fingerprint density at radius 3 is 2.89 bits per heavy atom. The molecule has 0 fully saturated rings. The second-order valence-electron chi connectivity index (χ2n) is 3.95. The van der Waals surface area contributed by atoms with Crippen LogP contribution in [-0.4, -0.2) is 21.7 Å². The number of thioether (sulfide) groups is 1. The normalized spacial score (nSPS) is 10.6. The van der Waals surface area contributed by atoms with Gasteiger partial charge < -0.3 is 0 Å². The molecule has 2 aromatic rings. The van der Waals surface area contributed by atoms with Gasteiger partial charge in [0.05, 0.1) is 6.42 Å². The molecule has 94 valence electrons. The van der Waals surface area contributed by atoms with Crippen LogP contribution >= 0.6 is 11.8 Å². The zero-order valence-electron chi connectivity index (χ0n) is 10.6. The van der Waals surface area contributed by atoms with Gasteiger partial charge in [-0.2, -0.15) is 0 Å². The molecule has 0 aliphatic heterocycles. The molecule has 0 aliphatic rings. The summed E-state index contributed by atoms with van der Waals surface area (Å²) in [5.41, 5.74) is 1.07. The van der Waals surface area contributed by atoms with Crippen molar-refractivity contribution in [2.45, 2.75) is 24.7 Å². The summed E-state index contributed by atoms with van der Waals surface area (Å²) in [7, 11) is 0. The van der Waals surface area contributed by atoms with Crippen LogP contribution in [0.25, 0.3) is 0 Å². The van der Waals surface area contributed by atoms with Gasteiger partial charge in [0.1, 0.15) is 5.82 Å². The minimum Gasteiger partial charge on any atom is -0.274 e. The molecule has 0 unspecified atom stereocenters. The Morgan fingerprint density at radius 2 is 2.17 bits per heavy atom. The molecule has 1 aromatic heterocycles. The Bertz CT molecular complexity index is 548. The van der Waals surface area contributed by atoms with Crippen molar-refractivity contribution in [3.8, 4) is 0 Å². The van der Waals surface area contributed by atoms with E-state index in [1.807, 2.05) is 37.4 Å². The first-order valence-electron chi connectivity index (χ1n) is 5.93. The number of aromatic nitrogens is 2. The molecule has 18 heavy (non-hydrogen) atoms. The van der Waals surface area contributed by atoms with Crippen LogP contribution in [0, 0.1) is 0 Å². The quantitative estimate of drug-likeness (QED) is 0.792. The third-order valence-electron chi connectivity index (χ3n) is 2.84. The molecule has 0 radical (unpaired) electrons. The van der Waals surface area contributed by atoms with Crippen LogP contribution in [0.5, 0.6) is 0 Å². The lowest BCUT2D eigenvalue weighted by Gasteiger charge is -2.08. The lowest BCUT2D eigenvalue weighted by Crippen LogP contribution is -2.15. The van der Waals surface area contributed by atoms with Crippen LogP contribution in [0.1, 0.15) is 23.1 Å². The number of carbonyl (C=O) groups is 1. The fraction of sp³-hybridized carbons (Fsp3) is 0.286. The molecule has 2 rings (SSSR count). The third-order valence-corrected chi connectivity index (χ3v) is 3.67. The highest BCUT2D eigenvalue weighted by molar-refractivity contribution is 7.98. The number of hydrogen-bond acceptors (Lipinski definition) is 3. The topological polar surface area (TPSA) is 34.9 Å². The van der Waals surface area contributed by atoms with Gasteiger partial charge in [-0.25, -0.2) is 4.98 Å². The summed E-state index contributed by atoms with van der Waals surface area (Å²) in [6.07, 6.45) is 6.63. The van der Waals surface area contributed by atoms with Crippen LogP contribution in [0.3, 0.4) is 0 Å². The van der Waals surface area contributed by atoms with E-state index in [1.54, 1.807) is 28.7 Å². The van der Waals surface area contributed by atoms with Gasteiger partial charge in [0.2, 0.25) is 5.91 Å². The first-order valence-corrected chi connectivity index (χ1v) is 7.16. The minimum atomic E-state index is 0.0749. The van der Waals surface area contributed by atoms with E-state index in [0.717, 1.165) is 22.7 Å². The SMILES string of the molecule is CCc1nccn1C(=O)Cc1ccccc1SC. The summed E-state index contributed by atoms with van der Waals surface area (Å²) in [6, 6.07) is 8.01. The molecule has 0 amide bonds. The zero-order valence-corrected chi connectivity index (χ0v) is 11.4. The van der Waals surface area contributed by atoms with Crippen LogP contribution in [-0.2, 0) is 12.8 Å². The summed E-state index contributed by atoms with van der Waals surface area (Å²) in [5.74, 6) is 0.896. The van der Waals surface area contributed by atoms with Gasteiger partial charge in [0.25, 0.3) is 0 Å². The average Bonchev–Trinajstić information content (AvgIpc) is 2.87. The number of rotatable bonds is 4. The average molecular weight is 260 g/mol. The van der Waals surface area contributed by atoms with E-state index in [9.17, 15) is 4.79 Å². The molecular formula is C14H16N2OS. The van der Waals surface area contributed by atoms with Crippen molar-refractivity contribution in [1.82, 2.24) is 9.55 Å². The number of nitrogens with zero attached hydrogens (tertiary/aromatic N) is 2. The second-order valence-corrected chi connectivity index (χ2v) is 4.80. The summed E-state index contributed by atoms with van der Waals surface area (Å²) in [5, 5.41) is 0. The Morgan fingerprint density at radius 1 is 1.39 bits per heavy atom. The lowest BCUT2D eigenvalue weighted by molar-refractivity contribution is 0.0910. The van der Waals surface area contributed by atoms with E-state index < -0.39 is 0 Å². The number of carbonyl (C=O) groups excluding carboxylic acids is 1. The maximum Gasteiger partial charge on any atom is 0.236 e. The monoisotopic (exact) mass is 260 g/mol. The summed E-state index contributed by atoms with van der Waals surface area (Å²) in [4.78, 5) is 17.6. The van der Waals surface area contributed by atoms with Gasteiger partial charge in [0.15, 0.2) is 0 Å². The first-order chi connectivity index (χ1) is 8.76. The molecule has 0 atom stereocenters. The summed E-state index contributed by atoms with van der Waals surface area (Å²) >= 11 is 1.67. The Balaban J connectivity index is 2.21. The third kappa shape index (κ3) is 2.64. The van der Waals surface area contributed by atoms with E-state index in [-0.39, 0.29) is 5.91 Å². The highest BCUT2D eigenvalue weighted by Crippen LogP contribution is 2.20. The molecule has 1 aromatic carbocycles. The Hall–Kier alpha value is -1.55. The highest BCUT2D eigenvalue weighted by Gasteiger charge is 2.11. The van der Waals surface area contributed by atoms with Crippen LogP contribution in [0.2, 0.25) is 0 Å². The molecule has 0 saturated carbocycles. The van der Waals surface area contributed by atoms with Gasteiger partial charge >= 0.3 is 0 Å². The first kappa shape index (κ1) is 12.9. The van der Waals surface area contributed by atoms with Gasteiger partial charge in [0, 0.05) is 23.7 Å². The fourth-order valence-corrected chi connectivity index (χ4v) is 2.54. The van der Waals surface area contributed by atoms with Gasteiger partial charge in [-0.1, -0.05) is 25.1 Å². The number of imidazole rings is 1. The van der Waals surface area contributed by atoms with Gasteiger partial charge in [-0.3, -0.25) is 9.36 Å². The number of benzene rings is 1. The smallest absolute Gasteiger partial charge is 0.236 e. The van der Waals surface area contributed by atoms with E-state index in [1.165, 1.54) is 0 Å². The van der Waals surface area contributed by atoms with Gasteiger partial charge in [-0.05, 0) is 17.9 Å². The Labute approximate surface area is 111 Å². The van der Waals surface area contributed by atoms with Crippen LogP contribution in [0.4, 0.5) is 0 Å². The van der Waals surface area contributed by atoms with Crippen molar-refractivity contribution in [3.63, 3.8) is 0 Å². The molecule has 0 N–H and O–H groups in total. The molecule has 0 bridgehead atoms. The fourth-order valence-electron chi connectivity index (χ4n) is 1.92. The maximum absolute atomic E-state index is 12.2. The molecule has 0 saturated heterocycles. The van der Waals surface area contributed by atoms with Crippen molar-refractivity contribution in [3.05, 3.63) is 48.0 Å². The Kier molecular flexibility index (Phi) is 4.20. The highest BCUT2D eigenvalue weighted by atomic mass is 32.2. The van der Waals surface area contributed by atoms with E-state index in [4.69, 9.17) is 0 Å². The number of hydrogen-bond donors (Lipinski definition) is 0. The second kappa shape index (κ2) is 5.87. The van der Waals surface area contributed by atoms with Crippen molar-refractivity contribution < 1.29 is 4.79 Å². The number of aryl methyl sites for hydroxylation is 1. The largest absolute Gasteiger partial charge is 0.274 e. The van der Waals surface area contributed by atoms with Crippen molar-refractivity contribution >= 4 is 17.7 Å². The van der Waals surface area contributed by atoms with Crippen LogP contribution in [0.15, 0.2) is 41.6 Å². The van der Waals surface area contributed by atoms with Crippen molar-refractivity contribution in [2.24, 2.45) is 0 Å². The molecular weight excluding hydrogens is 244 g/mol. The summed E-state index contributed by atoms with van der Waals surface area (Å²) in [6.45, 7) is 2.00. The minimum absolute atomic E-state index is 0.0749. The van der Waals surface area contributed by atoms with Crippen LogP contribution < -0.4 is 0 Å². The van der Waals surface area contributed by atoms with E-state index >= 15 is 0 Å². The molecule has 0 spiro atoms. The molecule has 3 nitrogen and oxygen atoms in total. The molecule has 1 heterocycles. The maximum atomic E-state index is 12.2. The van der Waals surface area contributed by atoms with Crippen molar-refractivity contribution in [1.29, 1.82) is 0 Å². The standard InChI is InChI=1S/C14H16N2OS/c1-3-13-15-8-9-16(13)14(17)10-11-6-4-5-7-12(11)18-2/h4-9H,3,10H2,1-2H3. The van der Waals surface area contributed by atoms with Gasteiger partial charge in [-0.15, -0.1) is 11.8 Å². The summed E-state index contributed by atoms with van der Waals surface area (Å²) < 4.78 is 1.65. The van der Waals surface area contributed by atoms with E-state index in [2.05, 4.69) is 4.98 Å². The zero-order chi connectivity index (χ0) is 13.0. The van der Waals surface area contributed by atoms with E-state index in [0.29, 0.717) is 6.42 Å². The molecule has 4 heteroatoms. The predicted molar refractivity (Wildman–Crippen MR) is 74.2 cm³/mol. The van der Waals surface area contributed by atoms with Crippen molar-refractivity contribution in [2.75, 3.05) is 6.26 Å².